The number of amides is 1. The van der Waals surface area contributed by atoms with Crippen LogP contribution < -0.4 is 0 Å². The van der Waals surface area contributed by atoms with Gasteiger partial charge in [0.2, 0.25) is 0 Å². The fourth-order valence-corrected chi connectivity index (χ4v) is 2.48. The first-order valence-corrected chi connectivity index (χ1v) is 7.24. The highest BCUT2D eigenvalue weighted by atomic mass is 16.6. The molecule has 1 aliphatic rings. The molecule has 1 aromatic carbocycles. The first-order chi connectivity index (χ1) is 10.2. The summed E-state index contributed by atoms with van der Waals surface area (Å²) in [6, 6.07) is 9.55. The van der Waals surface area contributed by atoms with Crippen LogP contribution in [0.2, 0.25) is 0 Å². The van der Waals surface area contributed by atoms with Gasteiger partial charge in [0.1, 0.15) is 6.61 Å². The minimum absolute atomic E-state index is 0.248. The molecule has 0 radical (unpaired) electrons. The van der Waals surface area contributed by atoms with Gasteiger partial charge in [-0.1, -0.05) is 36.8 Å². The van der Waals surface area contributed by atoms with Crippen molar-refractivity contribution in [3.63, 3.8) is 0 Å². The van der Waals surface area contributed by atoms with E-state index in [1.807, 2.05) is 30.3 Å². The Morgan fingerprint density at radius 1 is 1.24 bits per heavy atom. The van der Waals surface area contributed by atoms with Crippen LogP contribution in [0.5, 0.6) is 0 Å². The normalized spacial score (nSPS) is 18.7. The van der Waals surface area contributed by atoms with Crippen molar-refractivity contribution in [1.29, 1.82) is 0 Å². The van der Waals surface area contributed by atoms with Crippen LogP contribution in [0.4, 0.5) is 4.79 Å². The van der Waals surface area contributed by atoms with E-state index in [2.05, 4.69) is 0 Å². The average Bonchev–Trinajstić information content (AvgIpc) is 2.79. The van der Waals surface area contributed by atoms with Gasteiger partial charge in [-0.2, -0.15) is 0 Å². The van der Waals surface area contributed by atoms with Crippen molar-refractivity contribution in [2.45, 2.75) is 25.9 Å². The molecule has 5 heteroatoms. The summed E-state index contributed by atoms with van der Waals surface area (Å²) in [6.07, 6.45) is 2.19. The third kappa shape index (κ3) is 4.48. The summed E-state index contributed by atoms with van der Waals surface area (Å²) in [5.41, 5.74) is 0.949. The standard InChI is InChI=1S/C16H21NO4/c1-20-15(18)14-9-5-6-10-17(11-14)16(19)21-12-13-7-3-2-4-8-13/h2-4,7-8,14H,5-6,9-12H2,1H3. The fourth-order valence-electron chi connectivity index (χ4n) is 2.48. The first-order valence-electron chi connectivity index (χ1n) is 7.24. The van der Waals surface area contributed by atoms with E-state index in [1.165, 1.54) is 7.11 Å². The number of methoxy groups -OCH3 is 1. The second-order valence-electron chi connectivity index (χ2n) is 5.20. The van der Waals surface area contributed by atoms with Gasteiger partial charge in [0, 0.05) is 13.1 Å². The van der Waals surface area contributed by atoms with E-state index in [0.717, 1.165) is 24.8 Å². The molecule has 0 N–H and O–H groups in total. The van der Waals surface area contributed by atoms with Crippen molar-refractivity contribution in [3.8, 4) is 0 Å². The maximum atomic E-state index is 12.1. The molecule has 0 spiro atoms. The molecule has 1 fully saturated rings. The summed E-state index contributed by atoms with van der Waals surface area (Å²) in [5, 5.41) is 0. The average molecular weight is 291 g/mol. The van der Waals surface area contributed by atoms with Crippen LogP contribution in [0.15, 0.2) is 30.3 Å². The lowest BCUT2D eigenvalue weighted by Crippen LogP contribution is -2.37. The minimum Gasteiger partial charge on any atom is -0.469 e. The van der Waals surface area contributed by atoms with Crippen molar-refractivity contribution in [2.75, 3.05) is 20.2 Å². The third-order valence-electron chi connectivity index (χ3n) is 3.67. The zero-order valence-electron chi connectivity index (χ0n) is 12.3. The van der Waals surface area contributed by atoms with Gasteiger partial charge in [0.05, 0.1) is 13.0 Å². The van der Waals surface area contributed by atoms with Crippen LogP contribution in [0.1, 0.15) is 24.8 Å². The number of carbonyl (C=O) groups is 2. The molecule has 1 aromatic rings. The molecule has 1 aliphatic heterocycles. The number of rotatable bonds is 3. The number of hydrogen-bond acceptors (Lipinski definition) is 4. The molecule has 1 atom stereocenters. The molecule has 0 saturated carbocycles. The van der Waals surface area contributed by atoms with Gasteiger partial charge in [-0.15, -0.1) is 0 Å². The molecule has 114 valence electrons. The quantitative estimate of drug-likeness (QED) is 0.803. The molecular weight excluding hydrogens is 270 g/mol. The van der Waals surface area contributed by atoms with Crippen molar-refractivity contribution in [3.05, 3.63) is 35.9 Å². The Bertz CT molecular complexity index is 474. The third-order valence-corrected chi connectivity index (χ3v) is 3.67. The van der Waals surface area contributed by atoms with E-state index in [-0.39, 0.29) is 24.6 Å². The fraction of sp³-hybridized carbons (Fsp3) is 0.500. The first kappa shape index (κ1) is 15.4. The number of benzene rings is 1. The largest absolute Gasteiger partial charge is 0.469 e. The monoisotopic (exact) mass is 291 g/mol. The van der Waals surface area contributed by atoms with Crippen molar-refractivity contribution >= 4 is 12.1 Å². The zero-order valence-corrected chi connectivity index (χ0v) is 12.3. The molecule has 1 saturated heterocycles. The van der Waals surface area contributed by atoms with Gasteiger partial charge in [-0.3, -0.25) is 4.79 Å². The van der Waals surface area contributed by atoms with Gasteiger partial charge in [-0.25, -0.2) is 4.79 Å². The molecule has 1 heterocycles. The number of nitrogens with zero attached hydrogens (tertiary/aromatic N) is 1. The van der Waals surface area contributed by atoms with E-state index < -0.39 is 0 Å². The van der Waals surface area contributed by atoms with Crippen molar-refractivity contribution < 1.29 is 19.1 Å². The molecule has 5 nitrogen and oxygen atoms in total. The summed E-state index contributed by atoms with van der Waals surface area (Å²) in [6.45, 7) is 1.25. The predicted molar refractivity (Wildman–Crippen MR) is 77.6 cm³/mol. The van der Waals surface area contributed by atoms with Crippen LogP contribution in [-0.4, -0.2) is 37.2 Å². The molecular formula is C16H21NO4. The number of esters is 1. The summed E-state index contributed by atoms with van der Waals surface area (Å²) >= 11 is 0. The SMILES string of the molecule is COC(=O)C1CCCCN(C(=O)OCc2ccccc2)C1. The van der Waals surface area contributed by atoms with Crippen LogP contribution in [-0.2, 0) is 20.9 Å². The molecule has 0 bridgehead atoms. The van der Waals surface area contributed by atoms with Gasteiger partial charge in [0.15, 0.2) is 0 Å². The second-order valence-corrected chi connectivity index (χ2v) is 5.20. The Morgan fingerprint density at radius 2 is 2.00 bits per heavy atom. The van der Waals surface area contributed by atoms with Crippen LogP contribution >= 0.6 is 0 Å². The maximum absolute atomic E-state index is 12.1. The van der Waals surface area contributed by atoms with E-state index in [1.54, 1.807) is 4.90 Å². The highest BCUT2D eigenvalue weighted by molar-refractivity contribution is 5.74. The molecule has 0 aromatic heterocycles. The van der Waals surface area contributed by atoms with Crippen LogP contribution in [0.25, 0.3) is 0 Å². The molecule has 1 unspecified atom stereocenters. The number of likely N-dealkylation sites (tertiary alicyclic amines) is 1. The number of carbonyl (C=O) groups excluding carboxylic acids is 2. The Balaban J connectivity index is 1.89. The topological polar surface area (TPSA) is 55.8 Å². The Morgan fingerprint density at radius 3 is 2.71 bits per heavy atom. The van der Waals surface area contributed by atoms with E-state index in [0.29, 0.717) is 13.1 Å². The van der Waals surface area contributed by atoms with E-state index in [9.17, 15) is 9.59 Å². The van der Waals surface area contributed by atoms with Gasteiger partial charge < -0.3 is 14.4 Å². The summed E-state index contributed by atoms with van der Waals surface area (Å²) in [5.74, 6) is -0.500. The van der Waals surface area contributed by atoms with Gasteiger partial charge >= 0.3 is 12.1 Å². The predicted octanol–water partition coefficient (Wildman–Crippen LogP) is 2.60. The summed E-state index contributed by atoms with van der Waals surface area (Å²) in [7, 11) is 1.38. The second kappa shape index (κ2) is 7.67. The van der Waals surface area contributed by atoms with E-state index in [4.69, 9.17) is 9.47 Å². The number of hydrogen-bond donors (Lipinski definition) is 0. The summed E-state index contributed by atoms with van der Waals surface area (Å²) in [4.78, 5) is 25.4. The molecule has 21 heavy (non-hydrogen) atoms. The molecule has 0 aliphatic carbocycles. The maximum Gasteiger partial charge on any atom is 0.410 e. The zero-order chi connectivity index (χ0) is 15.1. The van der Waals surface area contributed by atoms with Crippen LogP contribution in [0, 0.1) is 5.92 Å². The lowest BCUT2D eigenvalue weighted by Gasteiger charge is -2.22. The van der Waals surface area contributed by atoms with Crippen molar-refractivity contribution in [1.82, 2.24) is 4.90 Å². The van der Waals surface area contributed by atoms with E-state index >= 15 is 0 Å². The highest BCUT2D eigenvalue weighted by Gasteiger charge is 2.28. The highest BCUT2D eigenvalue weighted by Crippen LogP contribution is 2.18. The lowest BCUT2D eigenvalue weighted by atomic mass is 10.0. The van der Waals surface area contributed by atoms with Gasteiger partial charge in [0.25, 0.3) is 0 Å². The Labute approximate surface area is 124 Å². The smallest absolute Gasteiger partial charge is 0.410 e. The lowest BCUT2D eigenvalue weighted by molar-refractivity contribution is -0.145. The Hall–Kier alpha value is -2.04. The van der Waals surface area contributed by atoms with Crippen molar-refractivity contribution in [2.24, 2.45) is 5.92 Å². The summed E-state index contributed by atoms with van der Waals surface area (Å²) < 4.78 is 10.1. The molecule has 2 rings (SSSR count). The minimum atomic E-state index is -0.366. The van der Waals surface area contributed by atoms with Crippen LogP contribution in [0.3, 0.4) is 0 Å². The number of ether oxygens (including phenoxy) is 2. The van der Waals surface area contributed by atoms with Gasteiger partial charge in [-0.05, 0) is 18.4 Å². The Kier molecular flexibility index (Phi) is 5.60. The molecule has 1 amide bonds.